The first-order valence-electron chi connectivity index (χ1n) is 8.69. The van der Waals surface area contributed by atoms with Gasteiger partial charge in [-0.2, -0.15) is 0 Å². The molecule has 1 N–H and O–H groups in total. The predicted octanol–water partition coefficient (Wildman–Crippen LogP) is 1.15. The fourth-order valence-electron chi connectivity index (χ4n) is 3.28. The molecule has 1 saturated heterocycles. The summed E-state index contributed by atoms with van der Waals surface area (Å²) in [6.07, 6.45) is 3.88. The summed E-state index contributed by atoms with van der Waals surface area (Å²) in [6, 6.07) is 6.05. The topological polar surface area (TPSA) is 53.4 Å². The van der Waals surface area contributed by atoms with E-state index < -0.39 is 0 Å². The van der Waals surface area contributed by atoms with Gasteiger partial charge in [-0.3, -0.25) is 9.69 Å². The number of piperidine rings is 1. The van der Waals surface area contributed by atoms with Gasteiger partial charge in [0.05, 0.1) is 24.0 Å². The van der Waals surface area contributed by atoms with Crippen molar-refractivity contribution in [2.45, 2.75) is 32.4 Å². The number of carbonyl (C=O) groups is 1. The Labute approximate surface area is 144 Å². The van der Waals surface area contributed by atoms with Crippen LogP contribution in [-0.2, 0) is 6.67 Å². The van der Waals surface area contributed by atoms with Gasteiger partial charge < -0.3 is 14.7 Å². The Morgan fingerprint density at radius 3 is 2.79 bits per heavy atom. The van der Waals surface area contributed by atoms with E-state index in [1.54, 1.807) is 0 Å². The third-order valence-corrected chi connectivity index (χ3v) is 4.69. The van der Waals surface area contributed by atoms with E-state index in [0.29, 0.717) is 5.56 Å². The Hall–Kier alpha value is -1.86. The molecule has 7 heteroatoms. The highest BCUT2D eigenvalue weighted by molar-refractivity contribution is 6.29. The van der Waals surface area contributed by atoms with Crippen molar-refractivity contribution in [3.63, 3.8) is 0 Å². The number of fused-ring (bicyclic) bond motifs is 1. The third kappa shape index (κ3) is 3.79. The third-order valence-electron chi connectivity index (χ3n) is 4.69. The van der Waals surface area contributed by atoms with Gasteiger partial charge in [0.2, 0.25) is 7.41 Å². The minimum absolute atomic E-state index is 0.00834. The molecule has 1 aliphatic heterocycles. The summed E-state index contributed by atoms with van der Waals surface area (Å²) in [7, 11) is 5.14. The molecule has 2 heterocycles. The minimum atomic E-state index is 0.00834. The maximum absolute atomic E-state index is 12.5. The molecule has 0 unspecified atom stereocenters. The van der Waals surface area contributed by atoms with Crippen LogP contribution in [0.4, 0.5) is 0 Å². The van der Waals surface area contributed by atoms with Crippen LogP contribution < -0.4 is 5.32 Å². The molecular formula is C17H26BN5O. The summed E-state index contributed by atoms with van der Waals surface area (Å²) in [5, 5.41) is 3.18. The summed E-state index contributed by atoms with van der Waals surface area (Å²) >= 11 is 0. The summed E-state index contributed by atoms with van der Waals surface area (Å²) in [5.74, 6) is 0.00834. The number of rotatable bonds is 5. The van der Waals surface area contributed by atoms with Crippen LogP contribution in [0.25, 0.3) is 11.0 Å². The Kier molecular flexibility index (Phi) is 5.21. The number of nitrogens with one attached hydrogen (secondary N) is 1. The summed E-state index contributed by atoms with van der Waals surface area (Å²) < 4.78 is 2.08. The highest BCUT2D eigenvalue weighted by Gasteiger charge is 2.20. The molecule has 1 amide bonds. The van der Waals surface area contributed by atoms with Crippen LogP contribution in [0.5, 0.6) is 0 Å². The van der Waals surface area contributed by atoms with Crippen molar-refractivity contribution in [3.8, 4) is 0 Å². The smallest absolute Gasteiger partial charge is 0.251 e. The summed E-state index contributed by atoms with van der Waals surface area (Å²) in [4.78, 5) is 21.5. The van der Waals surface area contributed by atoms with Gasteiger partial charge in [-0.15, -0.1) is 0 Å². The normalized spacial score (nSPS) is 16.7. The number of hydrogen-bond donors (Lipinski definition) is 1. The molecule has 1 fully saturated rings. The first kappa shape index (κ1) is 17.0. The monoisotopic (exact) mass is 327 g/mol. The summed E-state index contributed by atoms with van der Waals surface area (Å²) in [5.41, 5.74) is 2.61. The molecule has 1 aromatic heterocycles. The molecule has 0 atom stereocenters. The van der Waals surface area contributed by atoms with Crippen molar-refractivity contribution >= 4 is 24.4 Å². The van der Waals surface area contributed by atoms with Crippen molar-refractivity contribution < 1.29 is 4.79 Å². The van der Waals surface area contributed by atoms with Crippen molar-refractivity contribution in [2.75, 3.05) is 27.2 Å². The number of carbonyl (C=O) groups excluding carboxylic acids is 1. The average molecular weight is 327 g/mol. The maximum atomic E-state index is 12.5. The van der Waals surface area contributed by atoms with Gasteiger partial charge in [0, 0.05) is 11.6 Å². The van der Waals surface area contributed by atoms with Gasteiger partial charge in [0.15, 0.2) is 0 Å². The van der Waals surface area contributed by atoms with E-state index in [9.17, 15) is 4.79 Å². The highest BCUT2D eigenvalue weighted by Crippen LogP contribution is 2.16. The van der Waals surface area contributed by atoms with Crippen LogP contribution in [0.15, 0.2) is 24.5 Å². The van der Waals surface area contributed by atoms with E-state index >= 15 is 0 Å². The molecule has 0 radical (unpaired) electrons. The molecule has 0 saturated carbocycles. The second kappa shape index (κ2) is 7.36. The second-order valence-electron chi connectivity index (χ2n) is 6.82. The molecule has 1 aliphatic rings. The number of amides is 1. The Morgan fingerprint density at radius 1 is 1.38 bits per heavy atom. The van der Waals surface area contributed by atoms with Gasteiger partial charge in [-0.05, 0) is 58.2 Å². The Bertz CT molecular complexity index is 706. The van der Waals surface area contributed by atoms with Crippen molar-refractivity contribution in [1.82, 2.24) is 24.6 Å². The number of nitrogens with zero attached hydrogens (tertiary/aromatic N) is 4. The number of imidazole rings is 1. The van der Waals surface area contributed by atoms with Crippen molar-refractivity contribution in [1.29, 1.82) is 0 Å². The van der Waals surface area contributed by atoms with Crippen molar-refractivity contribution in [2.24, 2.45) is 0 Å². The lowest BCUT2D eigenvalue weighted by Gasteiger charge is -2.31. The fraction of sp³-hybridized carbons (Fsp3) is 0.529. The van der Waals surface area contributed by atoms with E-state index in [0.717, 1.165) is 51.0 Å². The van der Waals surface area contributed by atoms with E-state index in [1.807, 2.05) is 38.6 Å². The van der Waals surface area contributed by atoms with E-state index in [1.165, 1.54) is 0 Å². The van der Waals surface area contributed by atoms with Crippen LogP contribution in [0.2, 0.25) is 6.82 Å². The van der Waals surface area contributed by atoms with Crippen LogP contribution in [0, 0.1) is 0 Å². The van der Waals surface area contributed by atoms with Gasteiger partial charge in [-0.25, -0.2) is 4.98 Å². The van der Waals surface area contributed by atoms with Crippen molar-refractivity contribution in [3.05, 3.63) is 30.1 Å². The minimum Gasteiger partial charge on any atom is -0.349 e. The van der Waals surface area contributed by atoms with Gasteiger partial charge >= 0.3 is 0 Å². The fourth-order valence-corrected chi connectivity index (χ4v) is 3.28. The van der Waals surface area contributed by atoms with Gasteiger partial charge in [-0.1, -0.05) is 6.82 Å². The Balaban J connectivity index is 1.67. The number of aromatic nitrogens is 2. The largest absolute Gasteiger partial charge is 0.349 e. The highest BCUT2D eigenvalue weighted by atomic mass is 16.1. The van der Waals surface area contributed by atoms with E-state index in [4.69, 9.17) is 0 Å². The molecule has 24 heavy (non-hydrogen) atoms. The number of benzene rings is 1. The van der Waals surface area contributed by atoms with Crippen LogP contribution in [-0.4, -0.2) is 65.8 Å². The molecule has 0 aliphatic carbocycles. The standard InChI is InChI=1S/C17H26BN5O/c1-18-23-8-6-14(7-9-23)20-17(24)13-4-5-16-15(10-13)19-11-22(16)12-21(2)3/h4-5,10-11,14,18H,6-9,12H2,1-3H3,(H,20,24). The average Bonchev–Trinajstić information content (AvgIpc) is 2.97. The lowest BCUT2D eigenvalue weighted by molar-refractivity contribution is 0.0923. The van der Waals surface area contributed by atoms with E-state index in [2.05, 4.69) is 31.4 Å². The molecule has 6 nitrogen and oxygen atoms in total. The predicted molar refractivity (Wildman–Crippen MR) is 98.5 cm³/mol. The quantitative estimate of drug-likeness (QED) is 0.837. The molecule has 0 spiro atoms. The van der Waals surface area contributed by atoms with E-state index in [-0.39, 0.29) is 11.9 Å². The van der Waals surface area contributed by atoms with Crippen LogP contribution >= 0.6 is 0 Å². The summed E-state index contributed by atoms with van der Waals surface area (Å²) in [6.45, 7) is 5.09. The van der Waals surface area contributed by atoms with Crippen LogP contribution in [0.1, 0.15) is 23.2 Å². The zero-order chi connectivity index (χ0) is 17.1. The zero-order valence-corrected chi connectivity index (χ0v) is 14.8. The van der Waals surface area contributed by atoms with Crippen LogP contribution in [0.3, 0.4) is 0 Å². The molecule has 0 bridgehead atoms. The first-order valence-corrected chi connectivity index (χ1v) is 8.69. The lowest BCUT2D eigenvalue weighted by atomic mass is 9.90. The second-order valence-corrected chi connectivity index (χ2v) is 6.82. The Morgan fingerprint density at radius 2 is 2.12 bits per heavy atom. The lowest BCUT2D eigenvalue weighted by Crippen LogP contribution is -2.45. The van der Waals surface area contributed by atoms with Gasteiger partial charge in [0.25, 0.3) is 5.91 Å². The first-order chi connectivity index (χ1) is 11.6. The van der Waals surface area contributed by atoms with Gasteiger partial charge in [0.1, 0.15) is 0 Å². The molecule has 3 rings (SSSR count). The number of hydrogen-bond acceptors (Lipinski definition) is 4. The SMILES string of the molecule is CBN1CCC(NC(=O)c2ccc3c(c2)ncn3CN(C)C)CC1. The molecule has 2 aromatic rings. The zero-order valence-electron chi connectivity index (χ0n) is 14.8. The molecule has 1 aromatic carbocycles. The molecular weight excluding hydrogens is 301 g/mol. The molecule has 128 valence electrons. The maximum Gasteiger partial charge on any atom is 0.251 e.